The minimum Gasteiger partial charge on any atom is -0.370 e. The lowest BCUT2D eigenvalue weighted by Crippen LogP contribution is -2.44. The Kier molecular flexibility index (Phi) is 6.59. The predicted octanol–water partition coefficient (Wildman–Crippen LogP) is 0.691. The first-order valence-electron chi connectivity index (χ1n) is 5.04. The van der Waals surface area contributed by atoms with Gasteiger partial charge in [0.1, 0.15) is 0 Å². The van der Waals surface area contributed by atoms with Gasteiger partial charge in [0.15, 0.2) is 5.78 Å². The van der Waals surface area contributed by atoms with Crippen LogP contribution in [0.2, 0.25) is 0 Å². The number of nitrogens with one attached hydrogen (secondary N) is 1. The minimum atomic E-state index is -0.644. The van der Waals surface area contributed by atoms with Gasteiger partial charge in [-0.2, -0.15) is 12.6 Å². The summed E-state index contributed by atoms with van der Waals surface area (Å²) in [7, 11) is 0. The molecule has 0 aromatic heterocycles. The second-order valence-electron chi connectivity index (χ2n) is 3.96. The summed E-state index contributed by atoms with van der Waals surface area (Å²) in [5.41, 5.74) is 5.10. The summed E-state index contributed by atoms with van der Waals surface area (Å²) in [6, 6.07) is -0.493. The van der Waals surface area contributed by atoms with Crippen LogP contribution in [0.5, 0.6) is 0 Å². The molecule has 4 nitrogen and oxygen atoms in total. The summed E-state index contributed by atoms with van der Waals surface area (Å²) >= 11 is 8.93. The average molecular weight is 262 g/mol. The van der Waals surface area contributed by atoms with Crippen molar-refractivity contribution in [3.63, 3.8) is 0 Å². The normalized spacial score (nSPS) is 14.3. The van der Waals surface area contributed by atoms with Crippen molar-refractivity contribution < 1.29 is 9.59 Å². The largest absolute Gasteiger partial charge is 0.370 e. The molecule has 0 saturated heterocycles. The van der Waals surface area contributed by atoms with Crippen molar-refractivity contribution in [2.75, 3.05) is 0 Å². The molecule has 2 atom stereocenters. The highest BCUT2D eigenvalue weighted by Crippen LogP contribution is 2.10. The van der Waals surface area contributed by atoms with Crippen molar-refractivity contribution in [3.05, 3.63) is 0 Å². The Hall–Kier alpha value is -0.620. The molecule has 0 aromatic carbocycles. The summed E-state index contributed by atoms with van der Waals surface area (Å²) in [5, 5.41) is 2.23. The number of nitrogens with two attached hydrogens (primary N) is 1. The van der Waals surface area contributed by atoms with Gasteiger partial charge in [-0.25, -0.2) is 0 Å². The zero-order valence-corrected chi connectivity index (χ0v) is 11.4. The molecule has 0 heterocycles. The molecule has 0 bridgehead atoms. The van der Waals surface area contributed by atoms with Crippen LogP contribution >= 0.6 is 24.8 Å². The van der Waals surface area contributed by atoms with E-state index in [9.17, 15) is 9.59 Å². The number of rotatable bonds is 6. The molecule has 0 radical (unpaired) electrons. The number of thiocarbonyl (C=S) groups is 1. The van der Waals surface area contributed by atoms with E-state index in [-0.39, 0.29) is 18.1 Å². The van der Waals surface area contributed by atoms with E-state index in [1.807, 2.05) is 0 Å². The van der Waals surface area contributed by atoms with E-state index in [1.54, 1.807) is 20.8 Å². The van der Waals surface area contributed by atoms with Gasteiger partial charge in [-0.3, -0.25) is 9.59 Å². The van der Waals surface area contributed by atoms with Crippen LogP contribution in [0.3, 0.4) is 0 Å². The molecule has 0 fully saturated rings. The molecular formula is C10H18N2O2S2. The SMILES string of the molecule is CC(=S)NC(CC(S)C(N)=O)C(=O)C(C)C. The number of primary amides is 1. The molecule has 3 N–H and O–H groups in total. The van der Waals surface area contributed by atoms with Gasteiger partial charge < -0.3 is 11.1 Å². The van der Waals surface area contributed by atoms with Crippen molar-refractivity contribution >= 4 is 41.5 Å². The van der Waals surface area contributed by atoms with Crippen molar-refractivity contribution in [3.8, 4) is 0 Å². The molecule has 6 heteroatoms. The molecular weight excluding hydrogens is 244 g/mol. The van der Waals surface area contributed by atoms with Crippen molar-refractivity contribution in [1.82, 2.24) is 5.32 Å². The number of amides is 1. The number of hydrogen-bond acceptors (Lipinski definition) is 4. The van der Waals surface area contributed by atoms with E-state index in [1.165, 1.54) is 0 Å². The molecule has 1 amide bonds. The van der Waals surface area contributed by atoms with Crippen LogP contribution in [0, 0.1) is 5.92 Å². The third-order valence-corrected chi connectivity index (χ3v) is 2.66. The molecule has 0 rings (SSSR count). The first kappa shape index (κ1) is 15.4. The number of ketones is 1. The quantitative estimate of drug-likeness (QED) is 0.486. The lowest BCUT2D eigenvalue weighted by Gasteiger charge is -2.21. The van der Waals surface area contributed by atoms with Crippen LogP contribution in [0.15, 0.2) is 0 Å². The van der Waals surface area contributed by atoms with Gasteiger partial charge in [0.25, 0.3) is 0 Å². The highest BCUT2D eigenvalue weighted by molar-refractivity contribution is 7.81. The molecule has 0 aromatic rings. The zero-order valence-electron chi connectivity index (χ0n) is 9.69. The Morgan fingerprint density at radius 1 is 1.44 bits per heavy atom. The highest BCUT2D eigenvalue weighted by Gasteiger charge is 2.25. The monoisotopic (exact) mass is 262 g/mol. The lowest BCUT2D eigenvalue weighted by atomic mass is 9.97. The Labute approximate surface area is 107 Å². The Morgan fingerprint density at radius 3 is 2.25 bits per heavy atom. The third kappa shape index (κ3) is 5.46. The van der Waals surface area contributed by atoms with Gasteiger partial charge in [0.05, 0.1) is 16.3 Å². The number of hydrogen-bond donors (Lipinski definition) is 3. The number of Topliss-reactive ketones (excluding diaryl/α,β-unsaturated/α-hetero) is 1. The summed E-state index contributed by atoms with van der Waals surface area (Å²) in [6.07, 6.45) is 0.253. The van der Waals surface area contributed by atoms with Gasteiger partial charge in [-0.1, -0.05) is 26.1 Å². The van der Waals surface area contributed by atoms with E-state index >= 15 is 0 Å². The summed E-state index contributed by atoms with van der Waals surface area (Å²) < 4.78 is 0. The van der Waals surface area contributed by atoms with E-state index in [2.05, 4.69) is 17.9 Å². The standard InChI is InChI=1S/C10H18N2O2S2/c1-5(2)9(13)7(12-6(3)15)4-8(16)10(11)14/h5,7-8,16H,4H2,1-3H3,(H2,11,14)(H,12,15). The van der Waals surface area contributed by atoms with E-state index in [4.69, 9.17) is 18.0 Å². The van der Waals surface area contributed by atoms with E-state index in [0.717, 1.165) is 0 Å². The summed E-state index contributed by atoms with van der Waals surface area (Å²) in [6.45, 7) is 5.29. The number of carbonyl (C=O) groups is 2. The third-order valence-electron chi connectivity index (χ3n) is 2.08. The van der Waals surface area contributed by atoms with E-state index < -0.39 is 17.2 Å². The fourth-order valence-electron chi connectivity index (χ4n) is 1.23. The van der Waals surface area contributed by atoms with Crippen LogP contribution in [0.1, 0.15) is 27.2 Å². The fourth-order valence-corrected chi connectivity index (χ4v) is 1.59. The maximum absolute atomic E-state index is 11.8. The summed E-state index contributed by atoms with van der Waals surface area (Å²) in [5.74, 6) is -0.654. The summed E-state index contributed by atoms with van der Waals surface area (Å²) in [4.78, 5) is 23.2. The van der Waals surface area contributed by atoms with Crippen molar-refractivity contribution in [2.24, 2.45) is 11.7 Å². The predicted molar refractivity (Wildman–Crippen MR) is 71.6 cm³/mol. The topological polar surface area (TPSA) is 72.2 Å². The molecule has 0 aliphatic rings. The molecule has 2 unspecified atom stereocenters. The van der Waals surface area contributed by atoms with Gasteiger partial charge in [0.2, 0.25) is 5.91 Å². The maximum atomic E-state index is 11.8. The average Bonchev–Trinajstić information content (AvgIpc) is 2.14. The number of carbonyl (C=O) groups excluding carboxylic acids is 2. The second kappa shape index (κ2) is 6.85. The van der Waals surface area contributed by atoms with Crippen LogP contribution in [-0.4, -0.2) is 28.0 Å². The van der Waals surface area contributed by atoms with Crippen LogP contribution in [0.4, 0.5) is 0 Å². The first-order chi connectivity index (χ1) is 7.25. The molecule has 92 valence electrons. The minimum absolute atomic E-state index is 0.00417. The zero-order chi connectivity index (χ0) is 12.9. The van der Waals surface area contributed by atoms with Crippen LogP contribution in [0.25, 0.3) is 0 Å². The fraction of sp³-hybridized carbons (Fsp3) is 0.700. The van der Waals surface area contributed by atoms with Crippen LogP contribution in [-0.2, 0) is 9.59 Å². The first-order valence-corrected chi connectivity index (χ1v) is 5.96. The molecule has 16 heavy (non-hydrogen) atoms. The van der Waals surface area contributed by atoms with Crippen LogP contribution < -0.4 is 11.1 Å². The molecule has 0 aliphatic heterocycles. The van der Waals surface area contributed by atoms with Gasteiger partial charge in [-0.05, 0) is 13.3 Å². The van der Waals surface area contributed by atoms with Gasteiger partial charge >= 0.3 is 0 Å². The number of thiol groups is 1. The smallest absolute Gasteiger partial charge is 0.230 e. The van der Waals surface area contributed by atoms with E-state index in [0.29, 0.717) is 4.99 Å². The molecule has 0 aliphatic carbocycles. The molecule has 0 saturated carbocycles. The second-order valence-corrected chi connectivity index (χ2v) is 5.20. The lowest BCUT2D eigenvalue weighted by molar-refractivity contribution is -0.124. The Bertz CT molecular complexity index is 293. The van der Waals surface area contributed by atoms with Gasteiger partial charge in [-0.15, -0.1) is 0 Å². The highest BCUT2D eigenvalue weighted by atomic mass is 32.1. The Balaban J connectivity index is 4.61. The van der Waals surface area contributed by atoms with Crippen molar-refractivity contribution in [1.29, 1.82) is 0 Å². The Morgan fingerprint density at radius 2 is 1.94 bits per heavy atom. The van der Waals surface area contributed by atoms with Crippen molar-refractivity contribution in [2.45, 2.75) is 38.5 Å². The van der Waals surface area contributed by atoms with Gasteiger partial charge in [0, 0.05) is 5.92 Å². The maximum Gasteiger partial charge on any atom is 0.230 e. The molecule has 0 spiro atoms.